The molecule has 0 aliphatic carbocycles. The Hall–Kier alpha value is -1.26. The zero-order valence-corrected chi connectivity index (χ0v) is 10.1. The van der Waals surface area contributed by atoms with E-state index in [4.69, 9.17) is 5.11 Å². The van der Waals surface area contributed by atoms with Crippen LogP contribution in [0.15, 0.2) is 0 Å². The molecule has 2 N–H and O–H groups in total. The summed E-state index contributed by atoms with van der Waals surface area (Å²) in [5, 5.41) is 11.6. The maximum Gasteiger partial charge on any atom is 0.329 e. The molecule has 0 spiro atoms. The molecule has 1 aliphatic heterocycles. The van der Waals surface area contributed by atoms with E-state index in [0.29, 0.717) is 25.4 Å². The van der Waals surface area contributed by atoms with Crippen LogP contribution in [0.5, 0.6) is 0 Å². The van der Waals surface area contributed by atoms with Crippen molar-refractivity contribution in [3.8, 4) is 0 Å². The lowest BCUT2D eigenvalue weighted by atomic mass is 10.00. The number of carboxylic acid groups (broad SMARTS) is 1. The van der Waals surface area contributed by atoms with E-state index in [-0.39, 0.29) is 6.03 Å². The summed E-state index contributed by atoms with van der Waals surface area (Å²) >= 11 is 0. The van der Waals surface area contributed by atoms with Crippen LogP contribution in [-0.4, -0.2) is 40.6 Å². The van der Waals surface area contributed by atoms with Crippen molar-refractivity contribution in [2.75, 3.05) is 13.1 Å². The van der Waals surface area contributed by atoms with Crippen molar-refractivity contribution in [1.29, 1.82) is 0 Å². The average Bonchev–Trinajstić information content (AvgIpc) is 2.64. The Kier molecular flexibility index (Phi) is 3.78. The highest BCUT2D eigenvalue weighted by Gasteiger charge is 2.35. The number of amides is 2. The molecule has 16 heavy (non-hydrogen) atoms. The second-order valence-electron chi connectivity index (χ2n) is 4.76. The first-order valence-electron chi connectivity index (χ1n) is 5.69. The first-order chi connectivity index (χ1) is 7.39. The minimum Gasteiger partial charge on any atom is -0.480 e. The molecule has 1 fully saturated rings. The molecule has 2 unspecified atom stereocenters. The molecule has 5 nitrogen and oxygen atoms in total. The topological polar surface area (TPSA) is 69.6 Å². The fraction of sp³-hybridized carbons (Fsp3) is 0.818. The lowest BCUT2D eigenvalue weighted by Gasteiger charge is -2.27. The zero-order valence-electron chi connectivity index (χ0n) is 10.1. The number of carbonyl (C=O) groups excluding carboxylic acids is 1. The second kappa shape index (κ2) is 4.72. The number of carboxylic acids is 1. The van der Waals surface area contributed by atoms with Crippen LogP contribution in [0.3, 0.4) is 0 Å². The maximum atomic E-state index is 11.8. The van der Waals surface area contributed by atoms with Crippen LogP contribution >= 0.6 is 0 Å². The van der Waals surface area contributed by atoms with Gasteiger partial charge in [-0.1, -0.05) is 13.8 Å². The minimum absolute atomic E-state index is 0.267. The number of urea groups is 1. The largest absolute Gasteiger partial charge is 0.480 e. The molecule has 5 heteroatoms. The number of likely N-dealkylation sites (tertiary alicyclic amines) is 1. The molecule has 2 amide bonds. The predicted octanol–water partition coefficient (Wildman–Crippen LogP) is 1.29. The SMILES string of the molecule is CCC(C)(NC(=O)N1CCC(C)C1)C(=O)O. The fourth-order valence-electron chi connectivity index (χ4n) is 1.73. The normalized spacial score (nSPS) is 23.9. The minimum atomic E-state index is -1.16. The van der Waals surface area contributed by atoms with Crippen molar-refractivity contribution in [2.45, 2.75) is 39.2 Å². The molecule has 1 rings (SSSR count). The number of nitrogens with zero attached hydrogens (tertiary/aromatic N) is 1. The smallest absolute Gasteiger partial charge is 0.329 e. The van der Waals surface area contributed by atoms with Gasteiger partial charge in [-0.05, 0) is 25.7 Å². The van der Waals surface area contributed by atoms with Gasteiger partial charge in [0.2, 0.25) is 0 Å². The third kappa shape index (κ3) is 2.65. The third-order valence-corrected chi connectivity index (χ3v) is 3.27. The number of hydrogen-bond donors (Lipinski definition) is 2. The first-order valence-corrected chi connectivity index (χ1v) is 5.69. The Labute approximate surface area is 95.8 Å². The van der Waals surface area contributed by atoms with E-state index in [1.807, 2.05) is 0 Å². The number of aliphatic carboxylic acids is 1. The van der Waals surface area contributed by atoms with Crippen molar-refractivity contribution >= 4 is 12.0 Å². The number of nitrogens with one attached hydrogen (secondary N) is 1. The molecule has 0 bridgehead atoms. The van der Waals surface area contributed by atoms with Gasteiger partial charge < -0.3 is 15.3 Å². The summed E-state index contributed by atoms with van der Waals surface area (Å²) in [7, 11) is 0. The van der Waals surface area contributed by atoms with Crippen LogP contribution < -0.4 is 5.32 Å². The average molecular weight is 228 g/mol. The summed E-state index contributed by atoms with van der Waals surface area (Å²) in [6.07, 6.45) is 1.36. The molecule has 92 valence electrons. The molecule has 0 saturated carbocycles. The van der Waals surface area contributed by atoms with Gasteiger partial charge in [0.05, 0.1) is 0 Å². The van der Waals surface area contributed by atoms with Gasteiger partial charge in [-0.2, -0.15) is 0 Å². The number of rotatable bonds is 3. The molecular formula is C11H20N2O3. The van der Waals surface area contributed by atoms with Crippen molar-refractivity contribution < 1.29 is 14.7 Å². The second-order valence-corrected chi connectivity index (χ2v) is 4.76. The summed E-state index contributed by atoms with van der Waals surface area (Å²) in [5.74, 6) is -0.487. The Morgan fingerprint density at radius 1 is 1.56 bits per heavy atom. The van der Waals surface area contributed by atoms with Crippen molar-refractivity contribution in [3.63, 3.8) is 0 Å². The fourth-order valence-corrected chi connectivity index (χ4v) is 1.73. The van der Waals surface area contributed by atoms with Crippen LogP contribution in [0.25, 0.3) is 0 Å². The number of carbonyl (C=O) groups is 2. The summed E-state index contributed by atoms with van der Waals surface area (Å²) < 4.78 is 0. The molecule has 2 atom stereocenters. The van der Waals surface area contributed by atoms with E-state index in [1.54, 1.807) is 11.8 Å². The Morgan fingerprint density at radius 3 is 2.56 bits per heavy atom. The van der Waals surface area contributed by atoms with Gasteiger partial charge in [0.25, 0.3) is 0 Å². The van der Waals surface area contributed by atoms with Crippen LogP contribution in [0.1, 0.15) is 33.6 Å². The molecule has 0 aromatic rings. The quantitative estimate of drug-likeness (QED) is 0.764. The van der Waals surface area contributed by atoms with Gasteiger partial charge in [0.1, 0.15) is 5.54 Å². The standard InChI is InChI=1S/C11H20N2O3/c1-4-11(3,9(14)15)12-10(16)13-6-5-8(2)7-13/h8H,4-7H2,1-3H3,(H,12,16)(H,14,15). The van der Waals surface area contributed by atoms with E-state index in [0.717, 1.165) is 6.42 Å². The van der Waals surface area contributed by atoms with Crippen LogP contribution in [0, 0.1) is 5.92 Å². The Bertz CT molecular complexity index is 293. The third-order valence-electron chi connectivity index (χ3n) is 3.27. The monoisotopic (exact) mass is 228 g/mol. The van der Waals surface area contributed by atoms with Crippen molar-refractivity contribution in [3.05, 3.63) is 0 Å². The lowest BCUT2D eigenvalue weighted by molar-refractivity contribution is -0.143. The highest BCUT2D eigenvalue weighted by Crippen LogP contribution is 2.17. The van der Waals surface area contributed by atoms with Gasteiger partial charge >= 0.3 is 12.0 Å². The van der Waals surface area contributed by atoms with E-state index < -0.39 is 11.5 Å². The van der Waals surface area contributed by atoms with Crippen molar-refractivity contribution in [2.24, 2.45) is 5.92 Å². The molecule has 0 radical (unpaired) electrons. The highest BCUT2D eigenvalue weighted by molar-refractivity contribution is 5.85. The van der Waals surface area contributed by atoms with E-state index in [9.17, 15) is 9.59 Å². The van der Waals surface area contributed by atoms with E-state index in [1.165, 1.54) is 6.92 Å². The Morgan fingerprint density at radius 2 is 2.19 bits per heavy atom. The summed E-state index contributed by atoms with van der Waals surface area (Å²) in [5.41, 5.74) is -1.16. The first kappa shape index (κ1) is 12.8. The molecular weight excluding hydrogens is 208 g/mol. The summed E-state index contributed by atoms with van der Waals surface area (Å²) in [6.45, 7) is 6.80. The molecule has 1 heterocycles. The molecule has 1 saturated heterocycles. The zero-order chi connectivity index (χ0) is 12.3. The van der Waals surface area contributed by atoms with Crippen molar-refractivity contribution in [1.82, 2.24) is 10.2 Å². The van der Waals surface area contributed by atoms with Gasteiger partial charge in [-0.25, -0.2) is 9.59 Å². The molecule has 0 aromatic heterocycles. The van der Waals surface area contributed by atoms with Crippen LogP contribution in [0.4, 0.5) is 4.79 Å². The van der Waals surface area contributed by atoms with Crippen LogP contribution in [0.2, 0.25) is 0 Å². The van der Waals surface area contributed by atoms with E-state index >= 15 is 0 Å². The van der Waals surface area contributed by atoms with E-state index in [2.05, 4.69) is 12.2 Å². The maximum absolute atomic E-state index is 11.8. The van der Waals surface area contributed by atoms with Gasteiger partial charge in [0.15, 0.2) is 0 Å². The van der Waals surface area contributed by atoms with Crippen LogP contribution in [-0.2, 0) is 4.79 Å². The summed E-state index contributed by atoms with van der Waals surface area (Å²) in [4.78, 5) is 24.5. The van der Waals surface area contributed by atoms with Gasteiger partial charge in [-0.3, -0.25) is 0 Å². The summed E-state index contributed by atoms with van der Waals surface area (Å²) in [6, 6.07) is -0.267. The predicted molar refractivity (Wildman–Crippen MR) is 60.2 cm³/mol. The number of hydrogen-bond acceptors (Lipinski definition) is 2. The van der Waals surface area contributed by atoms with Gasteiger partial charge in [-0.15, -0.1) is 0 Å². The lowest BCUT2D eigenvalue weighted by Crippen LogP contribution is -2.55. The molecule has 0 aromatic carbocycles. The Balaban J connectivity index is 2.59. The molecule has 1 aliphatic rings. The highest BCUT2D eigenvalue weighted by atomic mass is 16.4. The van der Waals surface area contributed by atoms with Gasteiger partial charge in [0, 0.05) is 13.1 Å².